The van der Waals surface area contributed by atoms with Gasteiger partial charge in [-0.2, -0.15) is 0 Å². The molecule has 1 unspecified atom stereocenters. The second kappa shape index (κ2) is 9.23. The number of hydrogen-bond donors (Lipinski definition) is 0. The van der Waals surface area contributed by atoms with E-state index in [9.17, 15) is 4.79 Å². The predicted molar refractivity (Wildman–Crippen MR) is 107 cm³/mol. The minimum absolute atomic E-state index is 0.0821. The van der Waals surface area contributed by atoms with Gasteiger partial charge in [-0.3, -0.25) is 4.79 Å². The maximum absolute atomic E-state index is 11.3. The SMILES string of the molecule is CCCCCCCc1ccc(C2CCc3cc(C(=O)Cl)ccc3O2)cc1. The summed E-state index contributed by atoms with van der Waals surface area (Å²) in [6, 6.07) is 14.3. The molecule has 0 spiro atoms. The largest absolute Gasteiger partial charge is 0.485 e. The zero-order valence-corrected chi connectivity index (χ0v) is 16.2. The first-order valence-electron chi connectivity index (χ1n) is 9.75. The molecule has 1 aliphatic rings. The molecule has 0 bridgehead atoms. The zero-order chi connectivity index (χ0) is 18.4. The van der Waals surface area contributed by atoms with Crippen LogP contribution < -0.4 is 4.74 Å². The molecule has 0 fully saturated rings. The Morgan fingerprint density at radius 2 is 1.85 bits per heavy atom. The van der Waals surface area contributed by atoms with Crippen molar-refractivity contribution in [3.63, 3.8) is 0 Å². The van der Waals surface area contributed by atoms with E-state index < -0.39 is 5.24 Å². The lowest BCUT2D eigenvalue weighted by molar-refractivity contribution is 0.108. The molecule has 0 saturated heterocycles. The Labute approximate surface area is 161 Å². The zero-order valence-electron chi connectivity index (χ0n) is 15.5. The Kier molecular flexibility index (Phi) is 6.73. The van der Waals surface area contributed by atoms with Gasteiger partial charge in [0.05, 0.1) is 0 Å². The fourth-order valence-electron chi connectivity index (χ4n) is 3.58. The van der Waals surface area contributed by atoms with Crippen LogP contribution in [0.15, 0.2) is 42.5 Å². The summed E-state index contributed by atoms with van der Waals surface area (Å²) in [7, 11) is 0. The Morgan fingerprint density at radius 1 is 1.08 bits per heavy atom. The molecule has 138 valence electrons. The van der Waals surface area contributed by atoms with E-state index in [4.69, 9.17) is 16.3 Å². The molecule has 2 nitrogen and oxygen atoms in total. The van der Waals surface area contributed by atoms with Crippen LogP contribution in [0.5, 0.6) is 5.75 Å². The van der Waals surface area contributed by atoms with Gasteiger partial charge in [-0.15, -0.1) is 0 Å². The van der Waals surface area contributed by atoms with Crippen LogP contribution in [-0.2, 0) is 12.8 Å². The van der Waals surface area contributed by atoms with Crippen LogP contribution in [0.3, 0.4) is 0 Å². The van der Waals surface area contributed by atoms with Crippen LogP contribution in [0.25, 0.3) is 0 Å². The molecular weight excluding hydrogens is 344 g/mol. The minimum atomic E-state index is -0.416. The third-order valence-electron chi connectivity index (χ3n) is 5.15. The van der Waals surface area contributed by atoms with Crippen LogP contribution in [0.2, 0.25) is 0 Å². The summed E-state index contributed by atoms with van der Waals surface area (Å²) in [6.07, 6.45) is 9.65. The van der Waals surface area contributed by atoms with E-state index in [0.717, 1.165) is 30.6 Å². The van der Waals surface area contributed by atoms with Crippen LogP contribution in [0.4, 0.5) is 0 Å². The number of rotatable bonds is 8. The van der Waals surface area contributed by atoms with Gasteiger partial charge < -0.3 is 4.74 Å². The first-order valence-corrected chi connectivity index (χ1v) is 10.1. The summed E-state index contributed by atoms with van der Waals surface area (Å²) in [5.74, 6) is 0.864. The maximum Gasteiger partial charge on any atom is 0.252 e. The van der Waals surface area contributed by atoms with Gasteiger partial charge in [0.2, 0.25) is 0 Å². The monoisotopic (exact) mass is 370 g/mol. The number of benzene rings is 2. The van der Waals surface area contributed by atoms with Gasteiger partial charge in [0.15, 0.2) is 0 Å². The molecule has 0 saturated carbocycles. The number of carbonyl (C=O) groups excluding carboxylic acids is 1. The summed E-state index contributed by atoms with van der Waals surface area (Å²) < 4.78 is 6.16. The molecule has 0 amide bonds. The van der Waals surface area contributed by atoms with Crippen molar-refractivity contribution in [1.82, 2.24) is 0 Å². The van der Waals surface area contributed by atoms with Crippen molar-refractivity contribution >= 4 is 16.8 Å². The van der Waals surface area contributed by atoms with Crippen LogP contribution >= 0.6 is 11.6 Å². The van der Waals surface area contributed by atoms with Crippen LogP contribution in [-0.4, -0.2) is 5.24 Å². The number of aryl methyl sites for hydroxylation is 2. The van der Waals surface area contributed by atoms with E-state index >= 15 is 0 Å². The van der Waals surface area contributed by atoms with Gasteiger partial charge in [-0.05, 0) is 72.2 Å². The molecule has 3 rings (SSSR count). The highest BCUT2D eigenvalue weighted by Gasteiger charge is 2.22. The highest BCUT2D eigenvalue weighted by Crippen LogP contribution is 2.35. The first-order chi connectivity index (χ1) is 12.7. The quantitative estimate of drug-likeness (QED) is 0.384. The summed E-state index contributed by atoms with van der Waals surface area (Å²) >= 11 is 5.57. The number of ether oxygens (including phenoxy) is 1. The number of hydrogen-bond acceptors (Lipinski definition) is 2. The van der Waals surface area contributed by atoms with E-state index in [-0.39, 0.29) is 6.10 Å². The Balaban J connectivity index is 1.57. The van der Waals surface area contributed by atoms with Crippen molar-refractivity contribution in [2.45, 2.75) is 64.4 Å². The van der Waals surface area contributed by atoms with Gasteiger partial charge in [-0.25, -0.2) is 0 Å². The molecule has 1 atom stereocenters. The molecule has 2 aromatic rings. The van der Waals surface area contributed by atoms with Crippen molar-refractivity contribution in [3.8, 4) is 5.75 Å². The highest BCUT2D eigenvalue weighted by atomic mass is 35.5. The lowest BCUT2D eigenvalue weighted by Crippen LogP contribution is -2.15. The van der Waals surface area contributed by atoms with Gasteiger partial charge in [-0.1, -0.05) is 56.9 Å². The van der Waals surface area contributed by atoms with Crippen molar-refractivity contribution in [2.24, 2.45) is 0 Å². The van der Waals surface area contributed by atoms with E-state index in [1.165, 1.54) is 43.2 Å². The van der Waals surface area contributed by atoms with E-state index in [1.54, 1.807) is 6.07 Å². The summed E-state index contributed by atoms with van der Waals surface area (Å²) in [5.41, 5.74) is 4.24. The Morgan fingerprint density at radius 3 is 2.58 bits per heavy atom. The van der Waals surface area contributed by atoms with Crippen LogP contribution in [0, 0.1) is 0 Å². The predicted octanol–water partition coefficient (Wildman–Crippen LogP) is 6.64. The van der Waals surface area contributed by atoms with Crippen molar-refractivity contribution in [1.29, 1.82) is 0 Å². The molecule has 26 heavy (non-hydrogen) atoms. The van der Waals surface area contributed by atoms with Gasteiger partial charge in [0.25, 0.3) is 5.24 Å². The maximum atomic E-state index is 11.3. The van der Waals surface area contributed by atoms with Gasteiger partial charge in [0, 0.05) is 5.56 Å². The molecule has 0 N–H and O–H groups in total. The summed E-state index contributed by atoms with van der Waals surface area (Å²) in [5, 5.41) is -0.416. The minimum Gasteiger partial charge on any atom is -0.485 e. The molecule has 1 aliphatic heterocycles. The normalized spacial score (nSPS) is 16.0. The lowest BCUT2D eigenvalue weighted by Gasteiger charge is -2.26. The smallest absolute Gasteiger partial charge is 0.252 e. The number of carbonyl (C=O) groups is 1. The fourth-order valence-corrected chi connectivity index (χ4v) is 3.69. The molecular formula is C23H27ClO2. The number of unbranched alkanes of at least 4 members (excludes halogenated alkanes) is 4. The first kappa shape index (κ1) is 19.0. The number of fused-ring (bicyclic) bond motifs is 1. The molecule has 1 heterocycles. The van der Waals surface area contributed by atoms with E-state index in [0.29, 0.717) is 5.56 Å². The van der Waals surface area contributed by atoms with Crippen molar-refractivity contribution < 1.29 is 9.53 Å². The van der Waals surface area contributed by atoms with Gasteiger partial charge in [0.1, 0.15) is 11.9 Å². The Hall–Kier alpha value is -1.80. The van der Waals surface area contributed by atoms with Gasteiger partial charge >= 0.3 is 0 Å². The lowest BCUT2D eigenvalue weighted by atomic mass is 9.95. The standard InChI is InChI=1S/C23H27ClO2/c1-2-3-4-5-6-7-17-8-10-18(11-9-17)21-14-12-19-16-20(23(24)25)13-15-22(19)26-21/h8-11,13,15-16,21H,2-7,12,14H2,1H3. The Bertz CT molecular complexity index is 736. The molecule has 2 aromatic carbocycles. The molecule has 3 heteroatoms. The van der Waals surface area contributed by atoms with Crippen LogP contribution in [0.1, 0.15) is 78.6 Å². The second-order valence-corrected chi connectivity index (χ2v) is 7.49. The fraction of sp³-hybridized carbons (Fsp3) is 0.435. The highest BCUT2D eigenvalue weighted by molar-refractivity contribution is 6.67. The van der Waals surface area contributed by atoms with Crippen molar-refractivity contribution in [3.05, 3.63) is 64.7 Å². The third-order valence-corrected chi connectivity index (χ3v) is 5.37. The average molecular weight is 371 g/mol. The van der Waals surface area contributed by atoms with Crippen molar-refractivity contribution in [2.75, 3.05) is 0 Å². The summed E-state index contributed by atoms with van der Waals surface area (Å²) in [4.78, 5) is 11.3. The topological polar surface area (TPSA) is 26.3 Å². The van der Waals surface area contributed by atoms with E-state index in [2.05, 4.69) is 31.2 Å². The number of halogens is 1. The summed E-state index contributed by atoms with van der Waals surface area (Å²) in [6.45, 7) is 2.25. The average Bonchev–Trinajstić information content (AvgIpc) is 2.67. The molecule has 0 radical (unpaired) electrons. The van der Waals surface area contributed by atoms with E-state index in [1.807, 2.05) is 12.1 Å². The molecule has 0 aliphatic carbocycles. The third kappa shape index (κ3) is 4.88. The second-order valence-electron chi connectivity index (χ2n) is 7.15. The molecule has 0 aromatic heterocycles.